The Labute approximate surface area is 140 Å². The highest BCUT2D eigenvalue weighted by atomic mass is 19.1. The Morgan fingerprint density at radius 1 is 1.00 bits per heavy atom. The highest BCUT2D eigenvalue weighted by Crippen LogP contribution is 2.38. The maximum absolute atomic E-state index is 13.1. The minimum atomic E-state index is -0.327. The van der Waals surface area contributed by atoms with Crippen molar-refractivity contribution in [2.45, 2.75) is 13.0 Å². The number of hydrogen-bond donors (Lipinski definition) is 1. The van der Waals surface area contributed by atoms with Crippen LogP contribution in [0.15, 0.2) is 36.4 Å². The van der Waals surface area contributed by atoms with Gasteiger partial charge in [0.25, 0.3) is 0 Å². The van der Waals surface area contributed by atoms with Crippen LogP contribution in [0.25, 0.3) is 0 Å². The normalized spacial score (nSPS) is 10.2. The van der Waals surface area contributed by atoms with Crippen LogP contribution in [0.2, 0.25) is 0 Å². The molecule has 0 aliphatic heterocycles. The van der Waals surface area contributed by atoms with Crippen LogP contribution in [0.1, 0.15) is 11.1 Å². The third-order valence-corrected chi connectivity index (χ3v) is 3.47. The van der Waals surface area contributed by atoms with Gasteiger partial charge in [0.1, 0.15) is 5.82 Å². The predicted molar refractivity (Wildman–Crippen MR) is 88.0 cm³/mol. The standard InChI is InChI=1S/C18H20FNO4/c1-22-15-8-13(9-16(23-2)18(15)24-3)10-17(21)20-11-12-5-4-6-14(19)7-12/h4-9H,10-11H2,1-3H3,(H,20,21). The van der Waals surface area contributed by atoms with Gasteiger partial charge in [-0.05, 0) is 35.4 Å². The lowest BCUT2D eigenvalue weighted by Gasteiger charge is -2.14. The Morgan fingerprint density at radius 3 is 2.21 bits per heavy atom. The summed E-state index contributed by atoms with van der Waals surface area (Å²) in [5.74, 6) is 0.943. The van der Waals surface area contributed by atoms with Crippen LogP contribution in [-0.4, -0.2) is 27.2 Å². The van der Waals surface area contributed by atoms with E-state index in [1.807, 2.05) is 0 Å². The molecule has 5 nitrogen and oxygen atoms in total. The van der Waals surface area contributed by atoms with Crippen LogP contribution in [0.3, 0.4) is 0 Å². The second-order valence-corrected chi connectivity index (χ2v) is 5.12. The first-order valence-electron chi connectivity index (χ1n) is 7.37. The lowest BCUT2D eigenvalue weighted by molar-refractivity contribution is -0.120. The first-order chi connectivity index (χ1) is 11.6. The first kappa shape index (κ1) is 17.6. The summed E-state index contributed by atoms with van der Waals surface area (Å²) in [4.78, 5) is 12.1. The van der Waals surface area contributed by atoms with Crippen LogP contribution in [0.5, 0.6) is 17.2 Å². The van der Waals surface area contributed by atoms with Crippen LogP contribution < -0.4 is 19.5 Å². The summed E-state index contributed by atoms with van der Waals surface area (Å²) in [5.41, 5.74) is 1.43. The molecule has 1 N–H and O–H groups in total. The third kappa shape index (κ3) is 4.38. The van der Waals surface area contributed by atoms with Gasteiger partial charge < -0.3 is 19.5 Å². The van der Waals surface area contributed by atoms with E-state index in [0.29, 0.717) is 22.8 Å². The number of carbonyl (C=O) groups excluding carboxylic acids is 1. The molecule has 0 saturated carbocycles. The fourth-order valence-corrected chi connectivity index (χ4v) is 2.33. The van der Waals surface area contributed by atoms with Gasteiger partial charge in [-0.2, -0.15) is 0 Å². The number of carbonyl (C=O) groups is 1. The van der Waals surface area contributed by atoms with Gasteiger partial charge in [0.15, 0.2) is 11.5 Å². The smallest absolute Gasteiger partial charge is 0.224 e. The Hall–Kier alpha value is -2.76. The average Bonchev–Trinajstić information content (AvgIpc) is 2.59. The van der Waals surface area contributed by atoms with Gasteiger partial charge in [0.05, 0.1) is 27.8 Å². The molecule has 0 radical (unpaired) electrons. The summed E-state index contributed by atoms with van der Waals surface area (Å²) in [6.07, 6.45) is 0.145. The van der Waals surface area contributed by atoms with Crippen molar-refractivity contribution in [3.05, 3.63) is 53.3 Å². The van der Waals surface area contributed by atoms with Crippen molar-refractivity contribution in [3.8, 4) is 17.2 Å². The van der Waals surface area contributed by atoms with Gasteiger partial charge in [0.2, 0.25) is 11.7 Å². The summed E-state index contributed by atoms with van der Waals surface area (Å²) >= 11 is 0. The molecular formula is C18H20FNO4. The topological polar surface area (TPSA) is 56.8 Å². The van der Waals surface area contributed by atoms with Crippen molar-refractivity contribution < 1.29 is 23.4 Å². The molecule has 0 saturated heterocycles. The van der Waals surface area contributed by atoms with Crippen molar-refractivity contribution >= 4 is 5.91 Å². The molecular weight excluding hydrogens is 313 g/mol. The predicted octanol–water partition coefficient (Wildman–Crippen LogP) is 2.71. The Balaban J connectivity index is 2.05. The molecule has 0 heterocycles. The van der Waals surface area contributed by atoms with Crippen LogP contribution in [0.4, 0.5) is 4.39 Å². The number of benzene rings is 2. The number of nitrogens with one attached hydrogen (secondary N) is 1. The number of hydrogen-bond acceptors (Lipinski definition) is 4. The minimum absolute atomic E-state index is 0.145. The fraction of sp³-hybridized carbons (Fsp3) is 0.278. The summed E-state index contributed by atoms with van der Waals surface area (Å²) in [6, 6.07) is 9.56. The maximum atomic E-state index is 13.1. The molecule has 0 atom stereocenters. The summed E-state index contributed by atoms with van der Waals surface area (Å²) in [5, 5.41) is 2.76. The Kier molecular flexibility index (Phi) is 6.01. The molecule has 0 unspecified atom stereocenters. The van der Waals surface area contributed by atoms with E-state index in [1.165, 1.54) is 33.5 Å². The van der Waals surface area contributed by atoms with E-state index >= 15 is 0 Å². The molecule has 24 heavy (non-hydrogen) atoms. The summed E-state index contributed by atoms with van der Waals surface area (Å²) < 4.78 is 28.9. The van der Waals surface area contributed by atoms with Crippen LogP contribution in [-0.2, 0) is 17.8 Å². The molecule has 2 aromatic rings. The zero-order chi connectivity index (χ0) is 17.5. The van der Waals surface area contributed by atoms with E-state index in [9.17, 15) is 9.18 Å². The Bertz CT molecular complexity index is 693. The molecule has 0 aromatic heterocycles. The van der Waals surface area contributed by atoms with Gasteiger partial charge in [-0.1, -0.05) is 12.1 Å². The number of methoxy groups -OCH3 is 3. The molecule has 0 aliphatic carbocycles. The number of amides is 1. The molecule has 6 heteroatoms. The van der Waals surface area contributed by atoms with Crippen LogP contribution >= 0.6 is 0 Å². The zero-order valence-corrected chi connectivity index (χ0v) is 13.9. The molecule has 0 spiro atoms. The monoisotopic (exact) mass is 333 g/mol. The summed E-state index contributed by atoms with van der Waals surface area (Å²) in [6.45, 7) is 0.265. The van der Waals surface area contributed by atoms with E-state index in [4.69, 9.17) is 14.2 Å². The SMILES string of the molecule is COc1cc(CC(=O)NCc2cccc(F)c2)cc(OC)c1OC. The van der Waals surface area contributed by atoms with Crippen molar-refractivity contribution in [2.24, 2.45) is 0 Å². The van der Waals surface area contributed by atoms with E-state index < -0.39 is 0 Å². The molecule has 1 amide bonds. The maximum Gasteiger partial charge on any atom is 0.224 e. The van der Waals surface area contributed by atoms with Gasteiger partial charge >= 0.3 is 0 Å². The first-order valence-corrected chi connectivity index (χ1v) is 7.37. The second-order valence-electron chi connectivity index (χ2n) is 5.12. The van der Waals surface area contributed by atoms with E-state index in [2.05, 4.69) is 5.32 Å². The van der Waals surface area contributed by atoms with E-state index in [-0.39, 0.29) is 24.7 Å². The minimum Gasteiger partial charge on any atom is -0.493 e. The van der Waals surface area contributed by atoms with E-state index in [1.54, 1.807) is 24.3 Å². The second kappa shape index (κ2) is 8.19. The van der Waals surface area contributed by atoms with Gasteiger partial charge in [-0.25, -0.2) is 4.39 Å². The molecule has 128 valence electrons. The largest absolute Gasteiger partial charge is 0.493 e. The molecule has 2 rings (SSSR count). The molecule has 2 aromatic carbocycles. The zero-order valence-electron chi connectivity index (χ0n) is 13.9. The highest BCUT2D eigenvalue weighted by Gasteiger charge is 2.14. The molecule has 0 aliphatic rings. The van der Waals surface area contributed by atoms with Gasteiger partial charge in [-0.15, -0.1) is 0 Å². The third-order valence-electron chi connectivity index (χ3n) is 3.47. The number of rotatable bonds is 7. The van der Waals surface area contributed by atoms with Crippen molar-refractivity contribution in [3.63, 3.8) is 0 Å². The quantitative estimate of drug-likeness (QED) is 0.846. The Morgan fingerprint density at radius 2 is 1.67 bits per heavy atom. The van der Waals surface area contributed by atoms with Crippen molar-refractivity contribution in [2.75, 3.05) is 21.3 Å². The van der Waals surface area contributed by atoms with Gasteiger partial charge in [0, 0.05) is 6.54 Å². The average molecular weight is 333 g/mol. The van der Waals surface area contributed by atoms with Crippen molar-refractivity contribution in [1.29, 1.82) is 0 Å². The summed E-state index contributed by atoms with van der Waals surface area (Å²) in [7, 11) is 4.56. The lowest BCUT2D eigenvalue weighted by Crippen LogP contribution is -2.24. The lowest BCUT2D eigenvalue weighted by atomic mass is 10.1. The molecule has 0 fully saturated rings. The number of halogens is 1. The highest BCUT2D eigenvalue weighted by molar-refractivity contribution is 5.79. The molecule has 0 bridgehead atoms. The van der Waals surface area contributed by atoms with Crippen LogP contribution in [0, 0.1) is 5.82 Å². The van der Waals surface area contributed by atoms with E-state index in [0.717, 1.165) is 5.56 Å². The number of ether oxygens (including phenoxy) is 3. The fourth-order valence-electron chi connectivity index (χ4n) is 2.33. The van der Waals surface area contributed by atoms with Gasteiger partial charge in [-0.3, -0.25) is 4.79 Å². The van der Waals surface area contributed by atoms with Crippen molar-refractivity contribution in [1.82, 2.24) is 5.32 Å².